The monoisotopic (exact) mass is 370 g/mol. The van der Waals surface area contributed by atoms with Gasteiger partial charge in [-0.15, -0.1) is 0 Å². The van der Waals surface area contributed by atoms with Gasteiger partial charge in [-0.2, -0.15) is 0 Å². The molecule has 2 nitrogen and oxygen atoms in total. The predicted octanol–water partition coefficient (Wildman–Crippen LogP) is 6.99. The number of hydrogen-bond donors (Lipinski definition) is 1. The molecule has 3 aromatic rings. The van der Waals surface area contributed by atoms with Crippen LogP contribution < -0.4 is 4.74 Å². The molecule has 0 atom stereocenters. The predicted molar refractivity (Wildman–Crippen MR) is 117 cm³/mol. The molecular weight excluding hydrogens is 344 g/mol. The van der Waals surface area contributed by atoms with Crippen molar-refractivity contribution < 1.29 is 9.84 Å². The van der Waals surface area contributed by atoms with E-state index in [1.165, 1.54) is 22.3 Å². The molecule has 1 aliphatic carbocycles. The Bertz CT molecular complexity index is 1120. The van der Waals surface area contributed by atoms with Gasteiger partial charge in [0.05, 0.1) is 7.11 Å². The van der Waals surface area contributed by atoms with Crippen LogP contribution in [0.15, 0.2) is 76.9 Å². The molecule has 28 heavy (non-hydrogen) atoms. The lowest BCUT2D eigenvalue weighted by atomic mass is 9.82. The molecule has 0 saturated heterocycles. The van der Waals surface area contributed by atoms with Crippen molar-refractivity contribution in [1.82, 2.24) is 0 Å². The molecule has 0 aliphatic heterocycles. The largest absolute Gasteiger partial charge is 0.507 e. The third-order valence-electron chi connectivity index (χ3n) is 6.34. The zero-order valence-electron chi connectivity index (χ0n) is 17.1. The number of rotatable bonds is 3. The van der Waals surface area contributed by atoms with Crippen molar-refractivity contribution in [3.8, 4) is 22.6 Å². The molecule has 0 aromatic heterocycles. The Morgan fingerprint density at radius 3 is 1.96 bits per heavy atom. The zero-order valence-corrected chi connectivity index (χ0v) is 17.1. The second-order valence-electron chi connectivity index (χ2n) is 7.69. The van der Waals surface area contributed by atoms with Crippen molar-refractivity contribution in [3.05, 3.63) is 82.5 Å². The molecule has 0 fully saturated rings. The summed E-state index contributed by atoms with van der Waals surface area (Å²) in [5, 5.41) is 13.0. The highest BCUT2D eigenvalue weighted by atomic mass is 16.5. The summed E-state index contributed by atoms with van der Waals surface area (Å²) in [4.78, 5) is 0. The summed E-state index contributed by atoms with van der Waals surface area (Å²) in [5.41, 5.74) is 8.39. The fourth-order valence-corrected chi connectivity index (χ4v) is 4.48. The molecule has 1 aliphatic rings. The van der Waals surface area contributed by atoms with Crippen LogP contribution in [0.3, 0.4) is 0 Å². The van der Waals surface area contributed by atoms with Crippen molar-refractivity contribution in [2.45, 2.75) is 33.6 Å². The van der Waals surface area contributed by atoms with Gasteiger partial charge in [0.25, 0.3) is 0 Å². The Hall–Kier alpha value is -3.00. The summed E-state index contributed by atoms with van der Waals surface area (Å²) in [6, 6.07) is 18.2. The second kappa shape index (κ2) is 6.87. The summed E-state index contributed by atoms with van der Waals surface area (Å²) >= 11 is 0. The van der Waals surface area contributed by atoms with Crippen LogP contribution >= 0.6 is 0 Å². The van der Waals surface area contributed by atoms with Gasteiger partial charge in [-0.25, -0.2) is 0 Å². The van der Waals surface area contributed by atoms with E-state index in [2.05, 4.69) is 45.9 Å². The number of hydrogen-bond acceptors (Lipinski definition) is 2. The van der Waals surface area contributed by atoms with E-state index in [0.717, 1.165) is 33.2 Å². The van der Waals surface area contributed by atoms with Gasteiger partial charge in [0.15, 0.2) is 0 Å². The highest BCUT2D eigenvalue weighted by Crippen LogP contribution is 2.50. The second-order valence-corrected chi connectivity index (χ2v) is 7.69. The first kappa shape index (κ1) is 18.4. The van der Waals surface area contributed by atoms with Crippen molar-refractivity contribution in [2.24, 2.45) is 0 Å². The van der Waals surface area contributed by atoms with Crippen LogP contribution in [0.1, 0.15) is 39.2 Å². The summed E-state index contributed by atoms with van der Waals surface area (Å²) in [5.74, 6) is 1.32. The van der Waals surface area contributed by atoms with Gasteiger partial charge in [0.1, 0.15) is 11.5 Å². The maximum atomic E-state index is 10.9. The third kappa shape index (κ3) is 2.72. The van der Waals surface area contributed by atoms with E-state index in [9.17, 15) is 5.11 Å². The fourth-order valence-electron chi connectivity index (χ4n) is 4.48. The number of ether oxygens (including phenoxy) is 1. The molecule has 0 bridgehead atoms. The molecule has 2 heteroatoms. The topological polar surface area (TPSA) is 29.5 Å². The van der Waals surface area contributed by atoms with Gasteiger partial charge in [0, 0.05) is 17.0 Å². The first-order chi connectivity index (χ1) is 13.4. The molecule has 3 aromatic carbocycles. The summed E-state index contributed by atoms with van der Waals surface area (Å²) < 4.78 is 5.79. The van der Waals surface area contributed by atoms with E-state index in [1.54, 1.807) is 7.11 Å². The van der Waals surface area contributed by atoms with E-state index in [0.29, 0.717) is 5.75 Å². The number of benzene rings is 3. The summed E-state index contributed by atoms with van der Waals surface area (Å²) in [6.07, 6.45) is 0. The normalized spacial score (nSPS) is 15.0. The minimum Gasteiger partial charge on any atom is -0.507 e. The molecule has 0 spiro atoms. The van der Waals surface area contributed by atoms with Crippen LogP contribution in [0, 0.1) is 0 Å². The van der Waals surface area contributed by atoms with E-state index < -0.39 is 0 Å². The molecule has 0 saturated carbocycles. The molecule has 0 heterocycles. The Kier molecular flexibility index (Phi) is 4.50. The maximum absolute atomic E-state index is 10.9. The van der Waals surface area contributed by atoms with Crippen LogP contribution in [0.5, 0.6) is 11.5 Å². The first-order valence-corrected chi connectivity index (χ1v) is 9.68. The van der Waals surface area contributed by atoms with Gasteiger partial charge in [-0.05, 0) is 73.4 Å². The standard InChI is InChI=1S/C26H26O2/c1-15-16(2)18(4)25(17(15)3)26-21(11-8-12-24(26)28-5)22-13-19-9-6-7-10-20(19)14-23(22)27/h6-14,25,27H,1-5H3. The van der Waals surface area contributed by atoms with Gasteiger partial charge in [-0.1, -0.05) is 47.5 Å². The van der Waals surface area contributed by atoms with Crippen LogP contribution in [-0.4, -0.2) is 12.2 Å². The third-order valence-corrected chi connectivity index (χ3v) is 6.34. The number of aromatic hydroxyl groups is 1. The van der Waals surface area contributed by atoms with Crippen LogP contribution in [-0.2, 0) is 0 Å². The SMILES string of the molecule is COc1cccc(-c2cc3ccccc3cc2O)c1C1C(C)=C(C)C(C)=C1C. The van der Waals surface area contributed by atoms with E-state index in [-0.39, 0.29) is 5.92 Å². The lowest BCUT2D eigenvalue weighted by Crippen LogP contribution is -2.05. The Morgan fingerprint density at radius 1 is 0.750 bits per heavy atom. The van der Waals surface area contributed by atoms with Crippen LogP contribution in [0.4, 0.5) is 0 Å². The minimum absolute atomic E-state index is 0.164. The van der Waals surface area contributed by atoms with E-state index in [1.807, 2.05) is 36.4 Å². The van der Waals surface area contributed by atoms with Gasteiger partial charge in [-0.3, -0.25) is 0 Å². The quantitative estimate of drug-likeness (QED) is 0.538. The molecule has 142 valence electrons. The maximum Gasteiger partial charge on any atom is 0.124 e. The van der Waals surface area contributed by atoms with Crippen LogP contribution in [0.25, 0.3) is 21.9 Å². The van der Waals surface area contributed by atoms with Crippen molar-refractivity contribution in [3.63, 3.8) is 0 Å². The van der Waals surface area contributed by atoms with Gasteiger partial charge in [0.2, 0.25) is 0 Å². The average Bonchev–Trinajstić information content (AvgIpc) is 2.89. The number of methoxy groups -OCH3 is 1. The average molecular weight is 370 g/mol. The Balaban J connectivity index is 2.02. The molecule has 4 rings (SSSR count). The van der Waals surface area contributed by atoms with Gasteiger partial charge < -0.3 is 9.84 Å². The highest BCUT2D eigenvalue weighted by molar-refractivity contribution is 5.92. The lowest BCUT2D eigenvalue weighted by Gasteiger charge is -2.23. The van der Waals surface area contributed by atoms with Crippen molar-refractivity contribution >= 4 is 10.8 Å². The Morgan fingerprint density at radius 2 is 1.36 bits per heavy atom. The minimum atomic E-state index is 0.164. The lowest BCUT2D eigenvalue weighted by molar-refractivity contribution is 0.409. The molecule has 0 radical (unpaired) electrons. The fraction of sp³-hybridized carbons (Fsp3) is 0.231. The first-order valence-electron chi connectivity index (χ1n) is 9.68. The highest BCUT2D eigenvalue weighted by Gasteiger charge is 2.31. The van der Waals surface area contributed by atoms with Crippen molar-refractivity contribution in [2.75, 3.05) is 7.11 Å². The van der Waals surface area contributed by atoms with Crippen molar-refractivity contribution in [1.29, 1.82) is 0 Å². The smallest absolute Gasteiger partial charge is 0.124 e. The number of phenolic OH excluding ortho intramolecular Hbond substituents is 1. The van der Waals surface area contributed by atoms with E-state index in [4.69, 9.17) is 4.74 Å². The zero-order chi connectivity index (χ0) is 20.0. The molecular formula is C26H26O2. The number of allylic oxidation sites excluding steroid dienone is 4. The van der Waals surface area contributed by atoms with E-state index >= 15 is 0 Å². The number of fused-ring (bicyclic) bond motifs is 1. The van der Waals surface area contributed by atoms with Gasteiger partial charge >= 0.3 is 0 Å². The molecule has 0 amide bonds. The molecule has 0 unspecified atom stereocenters. The summed E-state index contributed by atoms with van der Waals surface area (Å²) in [6.45, 7) is 8.79. The molecule has 1 N–H and O–H groups in total. The summed E-state index contributed by atoms with van der Waals surface area (Å²) in [7, 11) is 1.72. The number of phenols is 1. The Labute approximate surface area is 166 Å². The van der Waals surface area contributed by atoms with Crippen LogP contribution in [0.2, 0.25) is 0 Å².